The van der Waals surface area contributed by atoms with Gasteiger partial charge in [0, 0.05) is 22.3 Å². The van der Waals surface area contributed by atoms with E-state index in [-0.39, 0.29) is 24.4 Å². The molecule has 2 rings (SSSR count). The first-order valence-electron chi connectivity index (χ1n) is 6.95. The number of aliphatic hydroxyl groups is 1. The maximum atomic E-state index is 11.5. The summed E-state index contributed by atoms with van der Waals surface area (Å²) in [5, 5.41) is 9.68. The zero-order valence-corrected chi connectivity index (χ0v) is 13.2. The van der Waals surface area contributed by atoms with Crippen molar-refractivity contribution in [1.82, 2.24) is 4.98 Å². The van der Waals surface area contributed by atoms with Crippen LogP contribution < -0.4 is 0 Å². The Bertz CT molecular complexity index is 441. The highest BCUT2D eigenvalue weighted by molar-refractivity contribution is 9.10. The van der Waals surface area contributed by atoms with Crippen molar-refractivity contribution in [2.24, 2.45) is 11.8 Å². The Morgan fingerprint density at radius 3 is 2.65 bits per heavy atom. The summed E-state index contributed by atoms with van der Waals surface area (Å²) in [6, 6.07) is 3.91. The van der Waals surface area contributed by atoms with Crippen molar-refractivity contribution >= 4 is 21.9 Å². The average Bonchev–Trinajstić information content (AvgIpc) is 2.50. The highest BCUT2D eigenvalue weighted by Crippen LogP contribution is 2.38. The van der Waals surface area contributed by atoms with Gasteiger partial charge in [-0.15, -0.1) is 0 Å². The Morgan fingerprint density at radius 2 is 2.15 bits per heavy atom. The molecule has 0 aliphatic heterocycles. The second-order valence-electron chi connectivity index (χ2n) is 5.33. The van der Waals surface area contributed by atoms with Crippen LogP contribution >= 0.6 is 15.9 Å². The molecule has 110 valence electrons. The zero-order chi connectivity index (χ0) is 14.5. The molecule has 1 N–H and O–H groups in total. The second-order valence-corrected chi connectivity index (χ2v) is 6.24. The van der Waals surface area contributed by atoms with Crippen molar-refractivity contribution in [2.45, 2.75) is 31.6 Å². The van der Waals surface area contributed by atoms with Gasteiger partial charge in [0.15, 0.2) is 0 Å². The van der Waals surface area contributed by atoms with E-state index in [0.717, 1.165) is 35.8 Å². The van der Waals surface area contributed by atoms with Gasteiger partial charge in [0.2, 0.25) is 0 Å². The minimum absolute atomic E-state index is 0.0217. The predicted molar refractivity (Wildman–Crippen MR) is 79.2 cm³/mol. The normalized spacial score (nSPS) is 24.1. The highest BCUT2D eigenvalue weighted by atomic mass is 79.9. The van der Waals surface area contributed by atoms with E-state index in [1.807, 2.05) is 12.1 Å². The minimum atomic E-state index is -0.106. The minimum Gasteiger partial charge on any atom is -0.469 e. The number of aliphatic hydroxyl groups excluding tert-OH is 1. The van der Waals surface area contributed by atoms with E-state index in [1.54, 1.807) is 6.20 Å². The first-order chi connectivity index (χ1) is 9.65. The first-order valence-corrected chi connectivity index (χ1v) is 7.75. The fourth-order valence-corrected chi connectivity index (χ4v) is 3.25. The van der Waals surface area contributed by atoms with Crippen molar-refractivity contribution in [2.75, 3.05) is 13.7 Å². The van der Waals surface area contributed by atoms with Crippen LogP contribution in [-0.4, -0.2) is 29.8 Å². The number of esters is 1. The molecule has 1 aliphatic carbocycles. The molecule has 0 aromatic carbocycles. The van der Waals surface area contributed by atoms with Gasteiger partial charge in [-0.25, -0.2) is 0 Å². The Kier molecular flexibility index (Phi) is 5.54. The molecule has 1 saturated carbocycles. The molecule has 4 nitrogen and oxygen atoms in total. The summed E-state index contributed by atoms with van der Waals surface area (Å²) in [5.74, 6) is 0.357. The first kappa shape index (κ1) is 15.4. The van der Waals surface area contributed by atoms with Gasteiger partial charge in [-0.3, -0.25) is 9.78 Å². The molecule has 20 heavy (non-hydrogen) atoms. The average molecular weight is 342 g/mol. The molecule has 1 heterocycles. The van der Waals surface area contributed by atoms with E-state index >= 15 is 0 Å². The molecule has 1 atom stereocenters. The predicted octanol–water partition coefficient (Wildman–Crippen LogP) is 2.90. The third-order valence-corrected chi connectivity index (χ3v) is 4.67. The summed E-state index contributed by atoms with van der Waals surface area (Å²) in [6.07, 6.45) is 5.30. The summed E-state index contributed by atoms with van der Waals surface area (Å²) in [5.41, 5.74) is 0.928. The van der Waals surface area contributed by atoms with E-state index in [9.17, 15) is 9.90 Å². The van der Waals surface area contributed by atoms with Crippen LogP contribution in [0.3, 0.4) is 0 Å². The summed E-state index contributed by atoms with van der Waals surface area (Å²) in [4.78, 5) is 15.9. The van der Waals surface area contributed by atoms with Crippen LogP contribution in [0.5, 0.6) is 0 Å². The zero-order valence-electron chi connectivity index (χ0n) is 11.6. The quantitative estimate of drug-likeness (QED) is 0.855. The van der Waals surface area contributed by atoms with Crippen LogP contribution in [0.2, 0.25) is 0 Å². The largest absolute Gasteiger partial charge is 0.469 e. The van der Waals surface area contributed by atoms with Crippen molar-refractivity contribution in [1.29, 1.82) is 0 Å². The number of ether oxygens (including phenoxy) is 1. The molecule has 1 unspecified atom stereocenters. The van der Waals surface area contributed by atoms with Crippen molar-refractivity contribution in [3.8, 4) is 0 Å². The molecule has 1 aromatic heterocycles. The van der Waals surface area contributed by atoms with E-state index in [4.69, 9.17) is 4.74 Å². The number of aromatic nitrogens is 1. The lowest BCUT2D eigenvalue weighted by Gasteiger charge is -2.31. The smallest absolute Gasteiger partial charge is 0.308 e. The number of rotatable bonds is 4. The van der Waals surface area contributed by atoms with Gasteiger partial charge in [-0.05, 0) is 59.7 Å². The van der Waals surface area contributed by atoms with Crippen molar-refractivity contribution in [3.05, 3.63) is 28.5 Å². The molecular formula is C15H20BrNO3. The van der Waals surface area contributed by atoms with Crippen LogP contribution in [0.1, 0.15) is 37.3 Å². The van der Waals surface area contributed by atoms with Crippen molar-refractivity contribution in [3.63, 3.8) is 0 Å². The number of pyridine rings is 1. The van der Waals surface area contributed by atoms with Crippen LogP contribution in [0, 0.1) is 11.8 Å². The molecule has 0 amide bonds. The Hall–Kier alpha value is -0.940. The number of methoxy groups -OCH3 is 1. The standard InChI is InChI=1S/C15H20BrNO3/c1-20-15(19)11-4-2-10(3-5-11)13(9-18)14-7-6-12(16)8-17-14/h6-8,10-11,13,18H,2-5,9H2,1H3/t10-,11-,13?. The van der Waals surface area contributed by atoms with Crippen LogP contribution in [0.4, 0.5) is 0 Å². The summed E-state index contributed by atoms with van der Waals surface area (Å²) < 4.78 is 5.74. The van der Waals surface area contributed by atoms with Crippen LogP contribution in [-0.2, 0) is 9.53 Å². The topological polar surface area (TPSA) is 59.4 Å². The molecule has 1 fully saturated rings. The van der Waals surface area contributed by atoms with Gasteiger partial charge >= 0.3 is 5.97 Å². The molecule has 1 aromatic rings. The lowest BCUT2D eigenvalue weighted by atomic mass is 9.75. The van der Waals surface area contributed by atoms with Gasteiger partial charge in [0.25, 0.3) is 0 Å². The number of carbonyl (C=O) groups is 1. The number of nitrogens with zero attached hydrogens (tertiary/aromatic N) is 1. The number of carbonyl (C=O) groups excluding carboxylic acids is 1. The highest BCUT2D eigenvalue weighted by Gasteiger charge is 2.32. The molecular weight excluding hydrogens is 322 g/mol. The van der Waals surface area contributed by atoms with E-state index in [1.165, 1.54) is 7.11 Å². The molecule has 1 aliphatic rings. The molecule has 0 bridgehead atoms. The fourth-order valence-electron chi connectivity index (χ4n) is 3.01. The monoisotopic (exact) mass is 341 g/mol. The number of hydrogen-bond acceptors (Lipinski definition) is 4. The van der Waals surface area contributed by atoms with Crippen molar-refractivity contribution < 1.29 is 14.6 Å². The van der Waals surface area contributed by atoms with Gasteiger partial charge in [-0.1, -0.05) is 0 Å². The third kappa shape index (κ3) is 3.58. The Balaban J connectivity index is 2.00. The summed E-state index contributed by atoms with van der Waals surface area (Å²) in [6.45, 7) is 0.0994. The maximum Gasteiger partial charge on any atom is 0.308 e. The Labute approximate surface area is 127 Å². The lowest BCUT2D eigenvalue weighted by Crippen LogP contribution is -2.27. The van der Waals surface area contributed by atoms with E-state index < -0.39 is 0 Å². The van der Waals surface area contributed by atoms with Gasteiger partial charge in [-0.2, -0.15) is 0 Å². The summed E-state index contributed by atoms with van der Waals surface area (Å²) in [7, 11) is 1.44. The second kappa shape index (κ2) is 7.18. The van der Waals surface area contributed by atoms with E-state index in [0.29, 0.717) is 5.92 Å². The molecule has 0 spiro atoms. The van der Waals surface area contributed by atoms with Gasteiger partial charge in [0.05, 0.1) is 19.6 Å². The third-order valence-electron chi connectivity index (χ3n) is 4.20. The molecule has 0 saturated heterocycles. The number of halogens is 1. The SMILES string of the molecule is COC(=O)[C@H]1CC[C@H](C(CO)c2ccc(Br)cn2)CC1. The fraction of sp³-hybridized carbons (Fsp3) is 0.600. The molecule has 5 heteroatoms. The van der Waals surface area contributed by atoms with Gasteiger partial charge < -0.3 is 9.84 Å². The summed E-state index contributed by atoms with van der Waals surface area (Å²) >= 11 is 3.37. The number of hydrogen-bond donors (Lipinski definition) is 1. The maximum absolute atomic E-state index is 11.5. The Morgan fingerprint density at radius 1 is 1.45 bits per heavy atom. The van der Waals surface area contributed by atoms with E-state index in [2.05, 4.69) is 20.9 Å². The lowest BCUT2D eigenvalue weighted by molar-refractivity contribution is -0.146. The molecule has 0 radical (unpaired) electrons. The van der Waals surface area contributed by atoms with Crippen LogP contribution in [0.25, 0.3) is 0 Å². The van der Waals surface area contributed by atoms with Crippen LogP contribution in [0.15, 0.2) is 22.8 Å². The van der Waals surface area contributed by atoms with Gasteiger partial charge in [0.1, 0.15) is 0 Å².